The summed E-state index contributed by atoms with van der Waals surface area (Å²) in [6, 6.07) is 0. The summed E-state index contributed by atoms with van der Waals surface area (Å²) >= 11 is 0. The maximum Gasteiger partial charge on any atom is 0.0436 e. The molecule has 0 unspecified atom stereocenters. The van der Waals surface area contributed by atoms with Crippen LogP contribution in [0.15, 0.2) is 12.2 Å². The van der Waals surface area contributed by atoms with E-state index in [-0.39, 0.29) is 0 Å². The molecule has 0 aromatic rings. The maximum absolute atomic E-state index is 8.85. The first-order chi connectivity index (χ1) is 6.22. The van der Waals surface area contributed by atoms with Gasteiger partial charge in [-0.2, -0.15) is 0 Å². The fraction of sp³-hybridized carbons (Fsp3) is 0.818. The number of aliphatic hydroxyl groups excluding tert-OH is 1. The molecule has 1 fully saturated rings. The molecule has 1 rings (SSSR count). The average molecular weight is 183 g/mol. The van der Waals surface area contributed by atoms with Crippen LogP contribution in [0, 0.1) is 5.41 Å². The summed E-state index contributed by atoms with van der Waals surface area (Å²) < 4.78 is 0. The van der Waals surface area contributed by atoms with Crippen molar-refractivity contribution in [2.45, 2.75) is 32.6 Å². The lowest BCUT2D eigenvalue weighted by atomic mass is 10.0. The molecular formula is C11H21NO. The van der Waals surface area contributed by atoms with Gasteiger partial charge in [0.1, 0.15) is 0 Å². The van der Waals surface area contributed by atoms with Gasteiger partial charge < -0.3 is 10.4 Å². The van der Waals surface area contributed by atoms with Crippen molar-refractivity contribution in [2.24, 2.45) is 5.41 Å². The van der Waals surface area contributed by atoms with Gasteiger partial charge >= 0.3 is 0 Å². The molecule has 2 N–H and O–H groups in total. The Morgan fingerprint density at radius 1 is 1.54 bits per heavy atom. The minimum absolute atomic E-state index is 0.330. The van der Waals surface area contributed by atoms with Gasteiger partial charge in [0.25, 0.3) is 0 Å². The van der Waals surface area contributed by atoms with Gasteiger partial charge in [-0.15, -0.1) is 0 Å². The second-order valence-electron chi connectivity index (χ2n) is 4.18. The molecule has 1 aliphatic rings. The van der Waals surface area contributed by atoms with Crippen LogP contribution < -0.4 is 5.32 Å². The van der Waals surface area contributed by atoms with Gasteiger partial charge in [-0.1, -0.05) is 19.1 Å². The minimum atomic E-state index is 0.330. The maximum atomic E-state index is 8.85. The quantitative estimate of drug-likeness (QED) is 0.589. The zero-order valence-electron chi connectivity index (χ0n) is 8.60. The van der Waals surface area contributed by atoms with E-state index in [0.717, 1.165) is 25.9 Å². The smallest absolute Gasteiger partial charge is 0.0436 e. The van der Waals surface area contributed by atoms with E-state index in [1.165, 1.54) is 18.4 Å². The molecule has 0 radical (unpaired) electrons. The molecule has 0 aromatic carbocycles. The van der Waals surface area contributed by atoms with Gasteiger partial charge in [0, 0.05) is 19.7 Å². The van der Waals surface area contributed by atoms with Crippen LogP contribution in [0.4, 0.5) is 0 Å². The fourth-order valence-corrected chi connectivity index (χ4v) is 1.56. The molecule has 76 valence electrons. The summed E-state index contributed by atoms with van der Waals surface area (Å²) in [6.07, 6.45) is 4.57. The van der Waals surface area contributed by atoms with Gasteiger partial charge in [0.15, 0.2) is 0 Å². The van der Waals surface area contributed by atoms with Crippen molar-refractivity contribution in [3.8, 4) is 0 Å². The van der Waals surface area contributed by atoms with Gasteiger partial charge in [0.05, 0.1) is 0 Å². The van der Waals surface area contributed by atoms with Crippen molar-refractivity contribution in [2.75, 3.05) is 19.7 Å². The third-order valence-corrected chi connectivity index (χ3v) is 2.97. The summed E-state index contributed by atoms with van der Waals surface area (Å²) in [7, 11) is 0. The lowest BCUT2D eigenvalue weighted by molar-refractivity contribution is 0.246. The first kappa shape index (κ1) is 10.7. The molecule has 0 atom stereocenters. The highest BCUT2D eigenvalue weighted by Gasteiger charge is 2.41. The van der Waals surface area contributed by atoms with E-state index in [9.17, 15) is 0 Å². The molecule has 0 bridgehead atoms. The standard InChI is InChI=1S/C11H21NO/c1-3-10(2)8-12-9-11(4-5-11)6-7-13/h12-13H,2-9H2,1H3. The van der Waals surface area contributed by atoms with Crippen molar-refractivity contribution in [1.29, 1.82) is 0 Å². The highest BCUT2D eigenvalue weighted by molar-refractivity contribution is 4.99. The van der Waals surface area contributed by atoms with E-state index in [1.807, 2.05) is 0 Å². The normalized spacial score (nSPS) is 18.6. The molecular weight excluding hydrogens is 162 g/mol. The van der Waals surface area contributed by atoms with Gasteiger partial charge in [-0.3, -0.25) is 0 Å². The predicted octanol–water partition coefficient (Wildman–Crippen LogP) is 1.70. The lowest BCUT2D eigenvalue weighted by Crippen LogP contribution is -2.26. The number of nitrogens with one attached hydrogen (secondary N) is 1. The van der Waals surface area contributed by atoms with Crippen molar-refractivity contribution in [3.05, 3.63) is 12.2 Å². The molecule has 0 saturated heterocycles. The Morgan fingerprint density at radius 2 is 2.23 bits per heavy atom. The van der Waals surface area contributed by atoms with E-state index < -0.39 is 0 Å². The SMILES string of the molecule is C=C(CC)CNCC1(CCO)CC1. The van der Waals surface area contributed by atoms with Gasteiger partial charge in [0.2, 0.25) is 0 Å². The van der Waals surface area contributed by atoms with Crippen LogP contribution in [0.2, 0.25) is 0 Å². The molecule has 0 aromatic heterocycles. The second-order valence-corrected chi connectivity index (χ2v) is 4.18. The van der Waals surface area contributed by atoms with E-state index in [4.69, 9.17) is 5.11 Å². The number of hydrogen-bond acceptors (Lipinski definition) is 2. The molecule has 0 amide bonds. The molecule has 1 saturated carbocycles. The Morgan fingerprint density at radius 3 is 2.69 bits per heavy atom. The zero-order valence-corrected chi connectivity index (χ0v) is 8.60. The highest BCUT2D eigenvalue weighted by Crippen LogP contribution is 2.47. The topological polar surface area (TPSA) is 32.3 Å². The first-order valence-electron chi connectivity index (χ1n) is 5.21. The summed E-state index contributed by atoms with van der Waals surface area (Å²) in [6.45, 7) is 8.39. The molecule has 0 heterocycles. The second kappa shape index (κ2) is 4.77. The molecule has 0 aliphatic heterocycles. The number of rotatable bonds is 7. The molecule has 0 spiro atoms. The van der Waals surface area contributed by atoms with E-state index >= 15 is 0 Å². The van der Waals surface area contributed by atoms with Gasteiger partial charge in [-0.05, 0) is 31.1 Å². The lowest BCUT2D eigenvalue weighted by Gasteiger charge is -2.14. The summed E-state index contributed by atoms with van der Waals surface area (Å²) in [5, 5.41) is 12.3. The Hall–Kier alpha value is -0.340. The summed E-state index contributed by atoms with van der Waals surface area (Å²) in [5.74, 6) is 0. The molecule has 1 aliphatic carbocycles. The zero-order chi connectivity index (χ0) is 9.73. The van der Waals surface area contributed by atoms with Crippen molar-refractivity contribution in [1.82, 2.24) is 5.32 Å². The third-order valence-electron chi connectivity index (χ3n) is 2.97. The van der Waals surface area contributed by atoms with Crippen LogP contribution in [0.3, 0.4) is 0 Å². The Kier molecular flexibility index (Phi) is 3.94. The third kappa shape index (κ3) is 3.49. The molecule has 2 heteroatoms. The minimum Gasteiger partial charge on any atom is -0.396 e. The highest BCUT2D eigenvalue weighted by atomic mass is 16.3. The monoisotopic (exact) mass is 183 g/mol. The largest absolute Gasteiger partial charge is 0.396 e. The average Bonchev–Trinajstić information content (AvgIpc) is 2.86. The van der Waals surface area contributed by atoms with Crippen molar-refractivity contribution >= 4 is 0 Å². The Balaban J connectivity index is 2.08. The van der Waals surface area contributed by atoms with Crippen LogP contribution in [0.1, 0.15) is 32.6 Å². The fourth-order valence-electron chi connectivity index (χ4n) is 1.56. The first-order valence-corrected chi connectivity index (χ1v) is 5.21. The summed E-state index contributed by atoms with van der Waals surface area (Å²) in [4.78, 5) is 0. The van der Waals surface area contributed by atoms with Crippen LogP contribution in [0.5, 0.6) is 0 Å². The molecule has 2 nitrogen and oxygen atoms in total. The Labute approximate surface area is 81.0 Å². The van der Waals surface area contributed by atoms with E-state index in [2.05, 4.69) is 18.8 Å². The van der Waals surface area contributed by atoms with Gasteiger partial charge in [-0.25, -0.2) is 0 Å². The number of aliphatic hydroxyl groups is 1. The van der Waals surface area contributed by atoms with Crippen LogP contribution >= 0.6 is 0 Å². The van der Waals surface area contributed by atoms with E-state index in [0.29, 0.717) is 12.0 Å². The number of hydrogen-bond donors (Lipinski definition) is 2. The van der Waals surface area contributed by atoms with Crippen molar-refractivity contribution < 1.29 is 5.11 Å². The van der Waals surface area contributed by atoms with Crippen molar-refractivity contribution in [3.63, 3.8) is 0 Å². The van der Waals surface area contributed by atoms with Crippen LogP contribution in [-0.2, 0) is 0 Å². The van der Waals surface area contributed by atoms with Crippen LogP contribution in [0.25, 0.3) is 0 Å². The predicted molar refractivity (Wildman–Crippen MR) is 55.7 cm³/mol. The van der Waals surface area contributed by atoms with E-state index in [1.54, 1.807) is 0 Å². The van der Waals surface area contributed by atoms with Crippen LogP contribution in [-0.4, -0.2) is 24.8 Å². The summed E-state index contributed by atoms with van der Waals surface area (Å²) in [5.41, 5.74) is 1.70. The Bertz CT molecular complexity index is 173. The molecule has 13 heavy (non-hydrogen) atoms.